The van der Waals surface area contributed by atoms with E-state index in [1.807, 2.05) is 45.9 Å². The molecule has 0 aliphatic rings. The molecule has 108 valence electrons. The largest absolute Gasteiger partial charge is 0.350 e. The predicted octanol–water partition coefficient (Wildman–Crippen LogP) is 2.73. The lowest BCUT2D eigenvalue weighted by atomic mass is 9.88. The molecule has 1 unspecified atom stereocenters. The maximum absolute atomic E-state index is 11.7. The van der Waals surface area contributed by atoms with E-state index >= 15 is 0 Å². The van der Waals surface area contributed by atoms with Crippen LogP contribution in [0.15, 0.2) is 42.5 Å². The van der Waals surface area contributed by atoms with E-state index in [4.69, 9.17) is 0 Å². The highest BCUT2D eigenvalue weighted by Gasteiger charge is 2.20. The minimum Gasteiger partial charge on any atom is -0.350 e. The molecule has 0 aromatic heterocycles. The Morgan fingerprint density at radius 2 is 1.60 bits per heavy atom. The van der Waals surface area contributed by atoms with Gasteiger partial charge in [0.2, 0.25) is 11.8 Å². The van der Waals surface area contributed by atoms with Crippen LogP contribution in [0, 0.1) is 5.41 Å². The van der Waals surface area contributed by atoms with E-state index in [2.05, 4.69) is 10.6 Å². The summed E-state index contributed by atoms with van der Waals surface area (Å²) in [6, 6.07) is 9.12. The summed E-state index contributed by atoms with van der Waals surface area (Å²) in [4.78, 5) is 23.3. The minimum atomic E-state index is -0.324. The fourth-order valence-corrected chi connectivity index (χ4v) is 1.33. The van der Waals surface area contributed by atoms with Crippen LogP contribution in [-0.2, 0) is 9.59 Å². The predicted molar refractivity (Wildman–Crippen MR) is 81.3 cm³/mol. The lowest BCUT2D eigenvalue weighted by molar-refractivity contribution is -0.118. The van der Waals surface area contributed by atoms with Gasteiger partial charge in [0, 0.05) is 23.9 Å². The van der Waals surface area contributed by atoms with Crippen molar-refractivity contribution >= 4 is 17.5 Å². The first-order valence-electron chi connectivity index (χ1n) is 6.63. The maximum atomic E-state index is 11.7. The highest BCUT2D eigenvalue weighted by atomic mass is 16.2. The third-order valence-corrected chi connectivity index (χ3v) is 3.09. The van der Waals surface area contributed by atoms with E-state index in [1.54, 1.807) is 12.1 Å². The summed E-state index contributed by atoms with van der Waals surface area (Å²) in [5, 5.41) is 5.51. The molecule has 0 saturated heterocycles. The van der Waals surface area contributed by atoms with Crippen molar-refractivity contribution in [1.82, 2.24) is 5.32 Å². The monoisotopic (exact) mass is 274 g/mol. The Balaban J connectivity index is 2.47. The van der Waals surface area contributed by atoms with Crippen LogP contribution in [-0.4, -0.2) is 17.9 Å². The van der Waals surface area contributed by atoms with Crippen LogP contribution in [0.5, 0.6) is 0 Å². The Hall–Kier alpha value is -2.10. The molecule has 1 aromatic rings. The third kappa shape index (κ3) is 5.69. The van der Waals surface area contributed by atoms with Crippen molar-refractivity contribution in [3.63, 3.8) is 0 Å². The molecular formula is C16H22N2O2. The van der Waals surface area contributed by atoms with E-state index in [9.17, 15) is 9.59 Å². The first-order valence-corrected chi connectivity index (χ1v) is 6.63. The number of nitrogens with one attached hydrogen (secondary N) is 2. The number of hydrogen-bond donors (Lipinski definition) is 2. The second-order valence-corrected chi connectivity index (χ2v) is 5.78. The third-order valence-electron chi connectivity index (χ3n) is 3.09. The lowest BCUT2D eigenvalue weighted by Gasteiger charge is -2.27. The van der Waals surface area contributed by atoms with E-state index in [1.165, 1.54) is 12.2 Å². The standard InChI is InChI=1S/C16H22N2O2/c1-12(16(2,3)4)17-14(19)10-11-15(20)18-13-8-6-5-7-9-13/h5-12H,1-4H3,(H,17,19)(H,18,20)/b11-10+. The molecule has 0 radical (unpaired) electrons. The molecule has 1 atom stereocenters. The van der Waals surface area contributed by atoms with E-state index < -0.39 is 0 Å². The average molecular weight is 274 g/mol. The summed E-state index contributed by atoms with van der Waals surface area (Å²) in [7, 11) is 0. The summed E-state index contributed by atoms with van der Waals surface area (Å²) in [5.41, 5.74) is 0.682. The maximum Gasteiger partial charge on any atom is 0.248 e. The Morgan fingerprint density at radius 1 is 1.05 bits per heavy atom. The summed E-state index contributed by atoms with van der Waals surface area (Å²) in [6.45, 7) is 8.08. The molecule has 2 N–H and O–H groups in total. The Kier molecular flexibility index (Phi) is 5.50. The second kappa shape index (κ2) is 6.89. The van der Waals surface area contributed by atoms with Crippen molar-refractivity contribution in [2.75, 3.05) is 5.32 Å². The summed E-state index contributed by atoms with van der Waals surface area (Å²) in [6.07, 6.45) is 2.48. The van der Waals surface area contributed by atoms with Crippen LogP contribution in [0.1, 0.15) is 27.7 Å². The van der Waals surface area contributed by atoms with E-state index in [0.29, 0.717) is 5.69 Å². The molecule has 0 heterocycles. The zero-order valence-corrected chi connectivity index (χ0v) is 12.4. The highest BCUT2D eigenvalue weighted by molar-refractivity contribution is 6.03. The summed E-state index contributed by atoms with van der Waals surface area (Å²) < 4.78 is 0. The van der Waals surface area contributed by atoms with Crippen molar-refractivity contribution in [3.8, 4) is 0 Å². The molecule has 0 spiro atoms. The molecule has 0 bridgehead atoms. The van der Waals surface area contributed by atoms with Crippen LogP contribution in [0.2, 0.25) is 0 Å². The molecule has 0 aliphatic heterocycles. The van der Waals surface area contributed by atoms with Crippen molar-refractivity contribution in [3.05, 3.63) is 42.5 Å². The fraction of sp³-hybridized carbons (Fsp3) is 0.375. The van der Waals surface area contributed by atoms with Gasteiger partial charge in [-0.15, -0.1) is 0 Å². The number of para-hydroxylation sites is 1. The van der Waals surface area contributed by atoms with Crippen molar-refractivity contribution in [2.24, 2.45) is 5.41 Å². The molecule has 4 nitrogen and oxygen atoms in total. The number of carbonyl (C=O) groups excluding carboxylic acids is 2. The van der Waals surface area contributed by atoms with E-state index in [-0.39, 0.29) is 23.3 Å². The van der Waals surface area contributed by atoms with Gasteiger partial charge in [-0.2, -0.15) is 0 Å². The van der Waals surface area contributed by atoms with Crippen LogP contribution < -0.4 is 10.6 Å². The van der Waals surface area contributed by atoms with Crippen molar-refractivity contribution in [2.45, 2.75) is 33.7 Å². The molecule has 4 heteroatoms. The van der Waals surface area contributed by atoms with Gasteiger partial charge in [0.15, 0.2) is 0 Å². The van der Waals surface area contributed by atoms with Crippen LogP contribution in [0.3, 0.4) is 0 Å². The molecule has 1 rings (SSSR count). The molecule has 2 amide bonds. The quantitative estimate of drug-likeness (QED) is 0.829. The second-order valence-electron chi connectivity index (χ2n) is 5.78. The Labute approximate surface area is 120 Å². The van der Waals surface area contributed by atoms with Gasteiger partial charge < -0.3 is 10.6 Å². The first-order chi connectivity index (χ1) is 9.29. The van der Waals surface area contributed by atoms with Gasteiger partial charge in [0.25, 0.3) is 0 Å². The summed E-state index contributed by atoms with van der Waals surface area (Å²) in [5.74, 6) is -0.592. The van der Waals surface area contributed by atoms with Crippen LogP contribution >= 0.6 is 0 Å². The van der Waals surface area contributed by atoms with Gasteiger partial charge >= 0.3 is 0 Å². The van der Waals surface area contributed by atoms with Crippen LogP contribution in [0.4, 0.5) is 5.69 Å². The highest BCUT2D eigenvalue weighted by Crippen LogP contribution is 2.18. The number of anilines is 1. The Morgan fingerprint density at radius 3 is 2.15 bits per heavy atom. The van der Waals surface area contributed by atoms with Gasteiger partial charge in [-0.1, -0.05) is 39.0 Å². The molecule has 20 heavy (non-hydrogen) atoms. The minimum absolute atomic E-state index is 0.0181. The number of carbonyl (C=O) groups is 2. The number of hydrogen-bond acceptors (Lipinski definition) is 2. The molecule has 1 aromatic carbocycles. The van der Waals surface area contributed by atoms with Crippen molar-refractivity contribution < 1.29 is 9.59 Å². The van der Waals surface area contributed by atoms with Crippen molar-refractivity contribution in [1.29, 1.82) is 0 Å². The zero-order valence-electron chi connectivity index (χ0n) is 12.4. The summed E-state index contributed by atoms with van der Waals surface area (Å²) >= 11 is 0. The normalized spacial score (nSPS) is 13.0. The van der Waals surface area contributed by atoms with Gasteiger partial charge in [0.05, 0.1) is 0 Å². The molecule has 0 fully saturated rings. The van der Waals surface area contributed by atoms with Crippen LogP contribution in [0.25, 0.3) is 0 Å². The number of amides is 2. The smallest absolute Gasteiger partial charge is 0.248 e. The number of benzene rings is 1. The zero-order chi connectivity index (χ0) is 15.2. The average Bonchev–Trinajstić information content (AvgIpc) is 2.36. The Bertz CT molecular complexity index is 487. The van der Waals surface area contributed by atoms with E-state index in [0.717, 1.165) is 0 Å². The van der Waals surface area contributed by atoms with Gasteiger partial charge in [-0.3, -0.25) is 9.59 Å². The molecular weight excluding hydrogens is 252 g/mol. The van der Waals surface area contributed by atoms with Gasteiger partial charge in [0.1, 0.15) is 0 Å². The lowest BCUT2D eigenvalue weighted by Crippen LogP contribution is -2.40. The first kappa shape index (κ1) is 16.0. The molecule has 0 saturated carbocycles. The SMILES string of the molecule is CC(NC(=O)/C=C/C(=O)Nc1ccccc1)C(C)(C)C. The fourth-order valence-electron chi connectivity index (χ4n) is 1.33. The van der Waals surface area contributed by atoms with Gasteiger partial charge in [-0.25, -0.2) is 0 Å². The number of rotatable bonds is 4. The molecule has 0 aliphatic carbocycles. The topological polar surface area (TPSA) is 58.2 Å². The van der Waals surface area contributed by atoms with Gasteiger partial charge in [-0.05, 0) is 24.5 Å².